The van der Waals surface area contributed by atoms with E-state index in [0.717, 1.165) is 17.1 Å². The minimum atomic E-state index is -0.237. The predicted octanol–water partition coefficient (Wildman–Crippen LogP) is 2.63. The summed E-state index contributed by atoms with van der Waals surface area (Å²) < 4.78 is 12.8. The Labute approximate surface area is 98.9 Å². The molecule has 1 aromatic carbocycles. The third-order valence-corrected chi connectivity index (χ3v) is 3.18. The van der Waals surface area contributed by atoms with Crippen molar-refractivity contribution in [2.75, 3.05) is 0 Å². The molecule has 1 heterocycles. The van der Waals surface area contributed by atoms with Crippen LogP contribution in [0.3, 0.4) is 0 Å². The Balaban J connectivity index is 1.86. The minimum Gasteiger partial charge on any atom is -0.347 e. The van der Waals surface area contributed by atoms with Gasteiger partial charge in [0.1, 0.15) is 11.6 Å². The van der Waals surface area contributed by atoms with Crippen LogP contribution in [-0.2, 0) is 0 Å². The molecular weight excluding hydrogens is 217 g/mol. The van der Waals surface area contributed by atoms with Gasteiger partial charge in [-0.05, 0) is 43.0 Å². The van der Waals surface area contributed by atoms with Crippen LogP contribution in [0.25, 0.3) is 11.3 Å². The monoisotopic (exact) mass is 231 g/mol. The van der Waals surface area contributed by atoms with Crippen LogP contribution >= 0.6 is 0 Å². The lowest BCUT2D eigenvalue weighted by Gasteiger charge is -2.05. The first kappa shape index (κ1) is 10.5. The van der Waals surface area contributed by atoms with Crippen molar-refractivity contribution in [1.29, 1.82) is 0 Å². The molecule has 4 heteroatoms. The SMILES string of the molecule is N[C@H](c1nc(-c2ccc(F)cc2)c[nH]1)C1CC1. The number of aromatic nitrogens is 2. The van der Waals surface area contributed by atoms with Gasteiger partial charge in [0.05, 0.1) is 11.7 Å². The highest BCUT2D eigenvalue weighted by Gasteiger charge is 2.31. The van der Waals surface area contributed by atoms with Gasteiger partial charge in [-0.2, -0.15) is 0 Å². The molecule has 88 valence electrons. The summed E-state index contributed by atoms with van der Waals surface area (Å²) in [6.07, 6.45) is 4.20. The van der Waals surface area contributed by atoms with Crippen LogP contribution in [0.5, 0.6) is 0 Å². The zero-order valence-corrected chi connectivity index (χ0v) is 9.36. The second kappa shape index (κ2) is 3.96. The number of rotatable bonds is 3. The number of imidazole rings is 1. The number of hydrogen-bond donors (Lipinski definition) is 2. The second-order valence-corrected chi connectivity index (χ2v) is 4.54. The molecule has 0 amide bonds. The first-order valence-electron chi connectivity index (χ1n) is 5.81. The molecule has 0 unspecified atom stereocenters. The summed E-state index contributed by atoms with van der Waals surface area (Å²) in [6.45, 7) is 0. The molecule has 0 spiro atoms. The van der Waals surface area contributed by atoms with Crippen LogP contribution in [0.2, 0.25) is 0 Å². The third-order valence-electron chi connectivity index (χ3n) is 3.18. The van der Waals surface area contributed by atoms with Crippen LogP contribution in [0.1, 0.15) is 24.7 Å². The van der Waals surface area contributed by atoms with E-state index >= 15 is 0 Å². The Kier molecular flexibility index (Phi) is 2.44. The molecule has 1 aromatic heterocycles. The van der Waals surface area contributed by atoms with Gasteiger partial charge in [0.2, 0.25) is 0 Å². The number of hydrogen-bond acceptors (Lipinski definition) is 2. The van der Waals surface area contributed by atoms with Crippen LogP contribution < -0.4 is 5.73 Å². The molecule has 3 rings (SSSR count). The lowest BCUT2D eigenvalue weighted by molar-refractivity contribution is 0.600. The minimum absolute atomic E-state index is 0.00389. The largest absolute Gasteiger partial charge is 0.347 e. The summed E-state index contributed by atoms with van der Waals surface area (Å²) in [4.78, 5) is 7.58. The van der Waals surface area contributed by atoms with Crippen molar-refractivity contribution in [2.45, 2.75) is 18.9 Å². The molecule has 0 bridgehead atoms. The van der Waals surface area contributed by atoms with E-state index in [1.165, 1.54) is 25.0 Å². The fourth-order valence-electron chi connectivity index (χ4n) is 1.95. The Morgan fingerprint density at radius 2 is 2.00 bits per heavy atom. The summed E-state index contributed by atoms with van der Waals surface area (Å²) in [5, 5.41) is 0. The van der Waals surface area contributed by atoms with Crippen LogP contribution in [0.4, 0.5) is 4.39 Å². The van der Waals surface area contributed by atoms with E-state index in [-0.39, 0.29) is 11.9 Å². The first-order chi connectivity index (χ1) is 8.24. The van der Waals surface area contributed by atoms with Crippen molar-refractivity contribution in [3.05, 3.63) is 42.1 Å². The number of H-pyrrole nitrogens is 1. The molecule has 1 atom stereocenters. The molecule has 2 aromatic rings. The molecule has 1 fully saturated rings. The standard InChI is InChI=1S/C13H14FN3/c14-10-5-3-8(4-6-10)11-7-16-13(17-11)12(15)9-1-2-9/h3-7,9,12H,1-2,15H2,(H,16,17)/t12-/m0/s1. The van der Waals surface area contributed by atoms with Crippen molar-refractivity contribution in [1.82, 2.24) is 9.97 Å². The summed E-state index contributed by atoms with van der Waals surface area (Å²) in [5.41, 5.74) is 7.78. The zero-order chi connectivity index (χ0) is 11.8. The van der Waals surface area contributed by atoms with E-state index < -0.39 is 0 Å². The van der Waals surface area contributed by atoms with Gasteiger partial charge in [-0.3, -0.25) is 0 Å². The number of aromatic amines is 1. The zero-order valence-electron chi connectivity index (χ0n) is 9.36. The van der Waals surface area contributed by atoms with E-state index in [1.54, 1.807) is 12.1 Å². The Morgan fingerprint density at radius 3 is 2.65 bits per heavy atom. The van der Waals surface area contributed by atoms with Gasteiger partial charge < -0.3 is 10.7 Å². The highest BCUT2D eigenvalue weighted by atomic mass is 19.1. The van der Waals surface area contributed by atoms with Gasteiger partial charge in [0, 0.05) is 11.8 Å². The quantitative estimate of drug-likeness (QED) is 0.853. The molecule has 17 heavy (non-hydrogen) atoms. The summed E-state index contributed by atoms with van der Waals surface area (Å²) in [6, 6.07) is 6.31. The molecule has 1 aliphatic carbocycles. The van der Waals surface area contributed by atoms with Crippen molar-refractivity contribution in [2.24, 2.45) is 11.7 Å². The highest BCUT2D eigenvalue weighted by Crippen LogP contribution is 2.38. The number of nitrogens with one attached hydrogen (secondary N) is 1. The van der Waals surface area contributed by atoms with Crippen LogP contribution in [-0.4, -0.2) is 9.97 Å². The lowest BCUT2D eigenvalue weighted by Crippen LogP contribution is -2.13. The molecular formula is C13H14FN3. The van der Waals surface area contributed by atoms with Gasteiger partial charge >= 0.3 is 0 Å². The summed E-state index contributed by atoms with van der Waals surface area (Å²) >= 11 is 0. The van der Waals surface area contributed by atoms with Crippen molar-refractivity contribution >= 4 is 0 Å². The third kappa shape index (κ3) is 2.08. The van der Waals surface area contributed by atoms with E-state index in [9.17, 15) is 4.39 Å². The molecule has 1 aliphatic rings. The number of halogens is 1. The van der Waals surface area contributed by atoms with E-state index in [0.29, 0.717) is 5.92 Å². The maximum atomic E-state index is 12.8. The molecule has 0 saturated heterocycles. The first-order valence-corrected chi connectivity index (χ1v) is 5.81. The van der Waals surface area contributed by atoms with Crippen molar-refractivity contribution in [3.63, 3.8) is 0 Å². The Hall–Kier alpha value is -1.68. The van der Waals surface area contributed by atoms with E-state index in [2.05, 4.69) is 9.97 Å². The maximum Gasteiger partial charge on any atom is 0.124 e. The van der Waals surface area contributed by atoms with Gasteiger partial charge in [-0.15, -0.1) is 0 Å². The number of benzene rings is 1. The Morgan fingerprint density at radius 1 is 1.29 bits per heavy atom. The number of nitrogens with two attached hydrogens (primary N) is 1. The van der Waals surface area contributed by atoms with Gasteiger partial charge in [-0.1, -0.05) is 0 Å². The average Bonchev–Trinajstić information content (AvgIpc) is 3.07. The molecule has 3 N–H and O–H groups in total. The van der Waals surface area contributed by atoms with Crippen molar-refractivity contribution < 1.29 is 4.39 Å². The summed E-state index contributed by atoms with van der Waals surface area (Å²) in [7, 11) is 0. The van der Waals surface area contributed by atoms with E-state index in [4.69, 9.17) is 5.73 Å². The maximum absolute atomic E-state index is 12.8. The van der Waals surface area contributed by atoms with Gasteiger partial charge in [0.15, 0.2) is 0 Å². The lowest BCUT2D eigenvalue weighted by atomic mass is 10.1. The highest BCUT2D eigenvalue weighted by molar-refractivity contribution is 5.58. The fraction of sp³-hybridized carbons (Fsp3) is 0.308. The molecule has 1 saturated carbocycles. The average molecular weight is 231 g/mol. The van der Waals surface area contributed by atoms with Crippen molar-refractivity contribution in [3.8, 4) is 11.3 Å². The molecule has 3 nitrogen and oxygen atoms in total. The van der Waals surface area contributed by atoms with Crippen LogP contribution in [0, 0.1) is 11.7 Å². The molecule has 0 aliphatic heterocycles. The van der Waals surface area contributed by atoms with E-state index in [1.807, 2.05) is 6.20 Å². The molecule has 0 radical (unpaired) electrons. The topological polar surface area (TPSA) is 54.7 Å². The second-order valence-electron chi connectivity index (χ2n) is 4.54. The van der Waals surface area contributed by atoms with Crippen LogP contribution in [0.15, 0.2) is 30.5 Å². The predicted molar refractivity (Wildman–Crippen MR) is 63.6 cm³/mol. The fourth-order valence-corrected chi connectivity index (χ4v) is 1.95. The Bertz CT molecular complexity index is 514. The normalized spacial score (nSPS) is 17.1. The smallest absolute Gasteiger partial charge is 0.124 e. The number of nitrogens with zero attached hydrogens (tertiary/aromatic N) is 1. The van der Waals surface area contributed by atoms with Gasteiger partial charge in [0.25, 0.3) is 0 Å². The van der Waals surface area contributed by atoms with Gasteiger partial charge in [-0.25, -0.2) is 9.37 Å². The summed E-state index contributed by atoms with van der Waals surface area (Å²) in [5.74, 6) is 1.16.